The lowest BCUT2D eigenvalue weighted by Crippen LogP contribution is -2.30. The number of hydrogen-bond donors (Lipinski definition) is 1. The third kappa shape index (κ3) is 5.03. The summed E-state index contributed by atoms with van der Waals surface area (Å²) in [5, 5.41) is 0.763. The van der Waals surface area contributed by atoms with E-state index in [0.29, 0.717) is 0 Å². The minimum atomic E-state index is 0.0287. The molecule has 2 N–H and O–H groups in total. The second-order valence-electron chi connectivity index (χ2n) is 5.67. The molecular weight excluding hydrogens is 336 g/mol. The number of halogens is 2. The molecule has 2 nitrogen and oxygen atoms in total. The van der Waals surface area contributed by atoms with Crippen LogP contribution in [0, 0.1) is 0 Å². The SMILES string of the molecule is NC(CCN1CCCCCCC1)c1ccc(Br)cc1Cl. The van der Waals surface area contributed by atoms with E-state index >= 15 is 0 Å². The van der Waals surface area contributed by atoms with Gasteiger partial charge < -0.3 is 10.6 Å². The lowest BCUT2D eigenvalue weighted by atomic mass is 10.0. The van der Waals surface area contributed by atoms with E-state index in [1.807, 2.05) is 18.2 Å². The molecule has 1 unspecified atom stereocenters. The Hall–Kier alpha value is -0.0900. The summed E-state index contributed by atoms with van der Waals surface area (Å²) in [7, 11) is 0. The zero-order chi connectivity index (χ0) is 14.4. The average Bonchev–Trinajstić information content (AvgIpc) is 2.37. The summed E-state index contributed by atoms with van der Waals surface area (Å²) >= 11 is 9.70. The fourth-order valence-electron chi connectivity index (χ4n) is 2.82. The van der Waals surface area contributed by atoms with Gasteiger partial charge in [-0.1, -0.05) is 52.9 Å². The predicted octanol–water partition coefficient (Wildman–Crippen LogP) is 4.76. The first-order chi connectivity index (χ1) is 9.66. The summed E-state index contributed by atoms with van der Waals surface area (Å²) in [5.41, 5.74) is 7.36. The van der Waals surface area contributed by atoms with Gasteiger partial charge in [0.25, 0.3) is 0 Å². The Morgan fingerprint density at radius 2 is 1.80 bits per heavy atom. The van der Waals surface area contributed by atoms with Crippen LogP contribution in [0.5, 0.6) is 0 Å². The van der Waals surface area contributed by atoms with Crippen molar-refractivity contribution in [3.63, 3.8) is 0 Å². The van der Waals surface area contributed by atoms with Crippen molar-refractivity contribution in [2.75, 3.05) is 19.6 Å². The largest absolute Gasteiger partial charge is 0.324 e. The van der Waals surface area contributed by atoms with Crippen LogP contribution in [0.25, 0.3) is 0 Å². The Morgan fingerprint density at radius 3 is 2.45 bits per heavy atom. The van der Waals surface area contributed by atoms with Crippen LogP contribution in [0.1, 0.15) is 50.1 Å². The zero-order valence-electron chi connectivity index (χ0n) is 12.0. The van der Waals surface area contributed by atoms with Crippen LogP contribution >= 0.6 is 27.5 Å². The van der Waals surface area contributed by atoms with Crippen LogP contribution < -0.4 is 5.73 Å². The van der Waals surface area contributed by atoms with Crippen molar-refractivity contribution in [1.82, 2.24) is 4.90 Å². The highest BCUT2D eigenvalue weighted by atomic mass is 79.9. The van der Waals surface area contributed by atoms with Gasteiger partial charge in [-0.05, 0) is 56.6 Å². The van der Waals surface area contributed by atoms with Gasteiger partial charge in [0.05, 0.1) is 0 Å². The molecule has 1 saturated heterocycles. The maximum absolute atomic E-state index is 6.31. The lowest BCUT2D eigenvalue weighted by molar-refractivity contribution is 0.239. The van der Waals surface area contributed by atoms with Crippen LogP contribution in [0.4, 0.5) is 0 Å². The average molecular weight is 360 g/mol. The molecule has 4 heteroatoms. The normalized spacial score (nSPS) is 19.4. The van der Waals surface area contributed by atoms with Gasteiger partial charge >= 0.3 is 0 Å². The Bertz CT molecular complexity index is 417. The van der Waals surface area contributed by atoms with Crippen molar-refractivity contribution < 1.29 is 0 Å². The third-order valence-corrected chi connectivity index (χ3v) is 4.89. The molecule has 0 aliphatic carbocycles. The second kappa shape index (κ2) is 8.38. The summed E-state index contributed by atoms with van der Waals surface area (Å²) in [5.74, 6) is 0. The first-order valence-corrected chi connectivity index (χ1v) is 8.77. The predicted molar refractivity (Wildman–Crippen MR) is 90.2 cm³/mol. The molecule has 0 aromatic heterocycles. The van der Waals surface area contributed by atoms with E-state index in [-0.39, 0.29) is 6.04 Å². The summed E-state index contributed by atoms with van der Waals surface area (Å²) in [4.78, 5) is 2.56. The van der Waals surface area contributed by atoms with E-state index in [9.17, 15) is 0 Å². The van der Waals surface area contributed by atoms with Crippen molar-refractivity contribution in [2.24, 2.45) is 5.73 Å². The van der Waals surface area contributed by atoms with Gasteiger partial charge in [-0.3, -0.25) is 0 Å². The van der Waals surface area contributed by atoms with E-state index in [1.165, 1.54) is 45.2 Å². The van der Waals surface area contributed by atoms with Crippen LogP contribution in [0.3, 0.4) is 0 Å². The number of nitrogens with zero attached hydrogens (tertiary/aromatic N) is 1. The van der Waals surface area contributed by atoms with Gasteiger partial charge in [-0.25, -0.2) is 0 Å². The number of hydrogen-bond acceptors (Lipinski definition) is 2. The Labute approximate surface area is 135 Å². The molecule has 2 rings (SSSR count). The number of benzene rings is 1. The number of nitrogens with two attached hydrogens (primary N) is 1. The topological polar surface area (TPSA) is 29.3 Å². The first kappa shape index (κ1) is 16.3. The van der Waals surface area contributed by atoms with E-state index in [0.717, 1.165) is 28.0 Å². The van der Waals surface area contributed by atoms with Crippen molar-refractivity contribution in [3.05, 3.63) is 33.3 Å². The quantitative estimate of drug-likeness (QED) is 0.840. The van der Waals surface area contributed by atoms with Gasteiger partial charge in [-0.2, -0.15) is 0 Å². The lowest BCUT2D eigenvalue weighted by Gasteiger charge is -2.26. The maximum Gasteiger partial charge on any atom is 0.0464 e. The molecule has 1 aromatic rings. The molecular formula is C16H24BrClN2. The molecule has 0 spiro atoms. The molecule has 1 fully saturated rings. The highest BCUT2D eigenvalue weighted by Crippen LogP contribution is 2.27. The van der Waals surface area contributed by atoms with Crippen molar-refractivity contribution in [1.29, 1.82) is 0 Å². The van der Waals surface area contributed by atoms with Gasteiger partial charge in [0.2, 0.25) is 0 Å². The van der Waals surface area contributed by atoms with Gasteiger partial charge in [0, 0.05) is 15.5 Å². The van der Waals surface area contributed by atoms with E-state index in [1.54, 1.807) is 0 Å². The van der Waals surface area contributed by atoms with Crippen molar-refractivity contribution in [3.8, 4) is 0 Å². The Morgan fingerprint density at radius 1 is 1.15 bits per heavy atom. The van der Waals surface area contributed by atoms with Gasteiger partial charge in [0.1, 0.15) is 0 Å². The van der Waals surface area contributed by atoms with Crippen LogP contribution in [0.15, 0.2) is 22.7 Å². The molecule has 0 amide bonds. The zero-order valence-corrected chi connectivity index (χ0v) is 14.3. The molecule has 0 bridgehead atoms. The van der Waals surface area contributed by atoms with E-state index < -0.39 is 0 Å². The molecule has 112 valence electrons. The smallest absolute Gasteiger partial charge is 0.0464 e. The molecule has 0 saturated carbocycles. The number of rotatable bonds is 4. The van der Waals surface area contributed by atoms with Crippen molar-refractivity contribution in [2.45, 2.75) is 44.6 Å². The highest BCUT2D eigenvalue weighted by Gasteiger charge is 2.13. The summed E-state index contributed by atoms with van der Waals surface area (Å²) in [6.45, 7) is 3.52. The first-order valence-electron chi connectivity index (χ1n) is 7.59. The van der Waals surface area contributed by atoms with Crippen LogP contribution in [-0.2, 0) is 0 Å². The van der Waals surface area contributed by atoms with Crippen LogP contribution in [-0.4, -0.2) is 24.5 Å². The van der Waals surface area contributed by atoms with Crippen LogP contribution in [0.2, 0.25) is 5.02 Å². The minimum Gasteiger partial charge on any atom is -0.324 e. The van der Waals surface area contributed by atoms with E-state index in [2.05, 4.69) is 20.8 Å². The standard InChI is InChI=1S/C16H24BrClN2/c17-13-6-7-14(15(18)12-13)16(19)8-11-20-9-4-2-1-3-5-10-20/h6-7,12,16H,1-5,8-11,19H2. The Balaban J connectivity index is 1.85. The Kier molecular flexibility index (Phi) is 6.82. The van der Waals surface area contributed by atoms with E-state index in [4.69, 9.17) is 17.3 Å². The summed E-state index contributed by atoms with van der Waals surface area (Å²) in [6.07, 6.45) is 7.79. The molecule has 0 radical (unpaired) electrons. The molecule has 1 aliphatic rings. The molecule has 20 heavy (non-hydrogen) atoms. The fraction of sp³-hybridized carbons (Fsp3) is 0.625. The second-order valence-corrected chi connectivity index (χ2v) is 6.99. The van der Waals surface area contributed by atoms with Crippen molar-refractivity contribution >= 4 is 27.5 Å². The fourth-order valence-corrected chi connectivity index (χ4v) is 3.63. The monoisotopic (exact) mass is 358 g/mol. The molecule has 1 heterocycles. The summed E-state index contributed by atoms with van der Waals surface area (Å²) in [6, 6.07) is 6.00. The summed E-state index contributed by atoms with van der Waals surface area (Å²) < 4.78 is 1.00. The van der Waals surface area contributed by atoms with Gasteiger partial charge in [-0.15, -0.1) is 0 Å². The maximum atomic E-state index is 6.31. The highest BCUT2D eigenvalue weighted by molar-refractivity contribution is 9.10. The minimum absolute atomic E-state index is 0.0287. The van der Waals surface area contributed by atoms with Gasteiger partial charge in [0.15, 0.2) is 0 Å². The number of likely N-dealkylation sites (tertiary alicyclic amines) is 1. The molecule has 1 aromatic carbocycles. The third-order valence-electron chi connectivity index (χ3n) is 4.07. The molecule has 1 aliphatic heterocycles. The molecule has 1 atom stereocenters.